The zero-order valence-corrected chi connectivity index (χ0v) is 19.2. The summed E-state index contributed by atoms with van der Waals surface area (Å²) < 4.78 is 5.98. The molecule has 148 valence electrons. The first-order valence-corrected chi connectivity index (χ1v) is 10.3. The fourth-order valence-corrected chi connectivity index (χ4v) is 3.33. The van der Waals surface area contributed by atoms with Crippen molar-refractivity contribution in [1.82, 2.24) is 15.6 Å². The van der Waals surface area contributed by atoms with Crippen molar-refractivity contribution < 1.29 is 4.74 Å². The average molecular weight is 500 g/mol. The van der Waals surface area contributed by atoms with Gasteiger partial charge in [0, 0.05) is 23.2 Å². The second-order valence-electron chi connectivity index (χ2n) is 6.48. The smallest absolute Gasteiger partial charge is 0.191 e. The molecule has 0 amide bonds. The lowest BCUT2D eigenvalue weighted by Crippen LogP contribution is -2.36. The monoisotopic (exact) mass is 500 g/mol. The molecule has 5 nitrogen and oxygen atoms in total. The number of aliphatic imine (C=N–C) groups is 1. The van der Waals surface area contributed by atoms with Crippen LogP contribution in [0.4, 0.5) is 0 Å². The molecule has 1 heterocycles. The molecule has 0 spiro atoms. The van der Waals surface area contributed by atoms with Gasteiger partial charge in [0.05, 0.1) is 19.7 Å². The van der Waals surface area contributed by atoms with E-state index in [9.17, 15) is 0 Å². The van der Waals surface area contributed by atoms with E-state index < -0.39 is 0 Å². The predicted octanol–water partition coefficient (Wildman–Crippen LogP) is 4.37. The molecule has 3 rings (SSSR count). The Morgan fingerprint density at radius 1 is 1.26 bits per heavy atom. The van der Waals surface area contributed by atoms with Gasteiger partial charge in [-0.15, -0.1) is 35.3 Å². The van der Waals surface area contributed by atoms with E-state index in [1.807, 2.05) is 24.4 Å². The van der Waals surface area contributed by atoms with E-state index in [1.54, 1.807) is 11.3 Å². The lowest BCUT2D eigenvalue weighted by atomic mass is 10.2. The van der Waals surface area contributed by atoms with Gasteiger partial charge in [-0.1, -0.05) is 25.1 Å². The number of guanidine groups is 1. The molecule has 1 saturated carbocycles. The van der Waals surface area contributed by atoms with Crippen molar-refractivity contribution in [2.75, 3.05) is 13.2 Å². The Bertz CT molecular complexity index is 730. The summed E-state index contributed by atoms with van der Waals surface area (Å²) in [5.41, 5.74) is 1.12. The van der Waals surface area contributed by atoms with Gasteiger partial charge < -0.3 is 15.4 Å². The van der Waals surface area contributed by atoms with Gasteiger partial charge in [0.25, 0.3) is 0 Å². The topological polar surface area (TPSA) is 58.5 Å². The normalized spacial score (nSPS) is 13.8. The number of aromatic nitrogens is 1. The zero-order valence-electron chi connectivity index (χ0n) is 16.0. The minimum atomic E-state index is 0. The quantitative estimate of drug-likeness (QED) is 0.305. The van der Waals surface area contributed by atoms with E-state index in [4.69, 9.17) is 9.73 Å². The molecule has 0 bridgehead atoms. The molecular weight excluding hydrogens is 471 g/mol. The zero-order chi connectivity index (χ0) is 18.2. The van der Waals surface area contributed by atoms with E-state index in [1.165, 1.54) is 17.7 Å². The van der Waals surface area contributed by atoms with Gasteiger partial charge >= 0.3 is 0 Å². The van der Waals surface area contributed by atoms with E-state index in [0.29, 0.717) is 13.1 Å². The summed E-state index contributed by atoms with van der Waals surface area (Å²) in [7, 11) is 0. The number of nitrogens with zero attached hydrogens (tertiary/aromatic N) is 2. The van der Waals surface area contributed by atoms with Crippen LogP contribution in [-0.2, 0) is 19.5 Å². The van der Waals surface area contributed by atoms with Crippen molar-refractivity contribution in [1.29, 1.82) is 0 Å². The fourth-order valence-electron chi connectivity index (χ4n) is 2.53. The number of hydrogen-bond donors (Lipinski definition) is 2. The number of hydrogen-bond acceptors (Lipinski definition) is 4. The molecule has 1 aliphatic rings. The van der Waals surface area contributed by atoms with E-state index in [-0.39, 0.29) is 24.0 Å². The number of aryl methyl sites for hydroxylation is 1. The Kier molecular flexibility index (Phi) is 9.33. The highest BCUT2D eigenvalue weighted by molar-refractivity contribution is 14.0. The Balaban J connectivity index is 0.00000261. The molecule has 0 saturated heterocycles. The van der Waals surface area contributed by atoms with Crippen molar-refractivity contribution >= 4 is 41.3 Å². The highest BCUT2D eigenvalue weighted by atomic mass is 127. The summed E-state index contributed by atoms with van der Waals surface area (Å²) in [5.74, 6) is 2.50. The first kappa shape index (κ1) is 21.9. The standard InChI is InChI=1S/C20H28N4OS.HI/c1-3-17-12-22-19(26-17)13-24-20(21-4-2)23-11-16-7-5-6-8-18(16)25-14-15-9-10-15;/h5-8,12,15H,3-4,9-11,13-14H2,1-2H3,(H2,21,23,24);1H. The van der Waals surface area contributed by atoms with Crippen LogP contribution >= 0.6 is 35.3 Å². The second-order valence-corrected chi connectivity index (χ2v) is 7.68. The molecule has 2 aromatic rings. The number of halogens is 1. The number of rotatable bonds is 9. The number of ether oxygens (including phenoxy) is 1. The van der Waals surface area contributed by atoms with Gasteiger partial charge in [-0.05, 0) is 38.2 Å². The highest BCUT2D eigenvalue weighted by Crippen LogP contribution is 2.30. The van der Waals surface area contributed by atoms with Crippen molar-refractivity contribution in [3.8, 4) is 5.75 Å². The molecule has 1 fully saturated rings. The van der Waals surface area contributed by atoms with Gasteiger partial charge in [0.15, 0.2) is 5.96 Å². The Morgan fingerprint density at radius 3 is 2.78 bits per heavy atom. The third-order valence-electron chi connectivity index (χ3n) is 4.25. The lowest BCUT2D eigenvalue weighted by Gasteiger charge is -2.12. The maximum Gasteiger partial charge on any atom is 0.191 e. The van der Waals surface area contributed by atoms with Crippen LogP contribution in [0.5, 0.6) is 5.75 Å². The third-order valence-corrected chi connectivity index (χ3v) is 5.39. The van der Waals surface area contributed by atoms with Crippen LogP contribution in [0.3, 0.4) is 0 Å². The first-order chi connectivity index (χ1) is 12.8. The van der Waals surface area contributed by atoms with Gasteiger partial charge in [-0.25, -0.2) is 9.98 Å². The summed E-state index contributed by atoms with van der Waals surface area (Å²) in [5, 5.41) is 7.75. The predicted molar refractivity (Wildman–Crippen MR) is 123 cm³/mol. The Labute approximate surface area is 183 Å². The Hall–Kier alpha value is -1.35. The molecule has 27 heavy (non-hydrogen) atoms. The van der Waals surface area contributed by atoms with Crippen LogP contribution in [0, 0.1) is 5.92 Å². The van der Waals surface area contributed by atoms with Gasteiger partial charge in [-0.3, -0.25) is 0 Å². The molecule has 0 radical (unpaired) electrons. The third kappa shape index (κ3) is 7.29. The number of nitrogens with one attached hydrogen (secondary N) is 2. The molecule has 0 aliphatic heterocycles. The molecule has 0 unspecified atom stereocenters. The molecule has 7 heteroatoms. The maximum atomic E-state index is 5.98. The number of thiazole rings is 1. The second kappa shape index (κ2) is 11.5. The first-order valence-electron chi connectivity index (χ1n) is 9.45. The molecule has 2 N–H and O–H groups in total. The molecule has 1 aromatic carbocycles. The molecule has 1 aliphatic carbocycles. The van der Waals surface area contributed by atoms with Gasteiger partial charge in [0.1, 0.15) is 10.8 Å². The summed E-state index contributed by atoms with van der Waals surface area (Å²) in [6, 6.07) is 8.18. The van der Waals surface area contributed by atoms with Crippen LogP contribution in [0.15, 0.2) is 35.5 Å². The minimum Gasteiger partial charge on any atom is -0.493 e. The fraction of sp³-hybridized carbons (Fsp3) is 0.500. The SMILES string of the molecule is CCNC(=NCc1ccccc1OCC1CC1)NCc1ncc(CC)s1.I. The van der Waals surface area contributed by atoms with Crippen LogP contribution in [0.2, 0.25) is 0 Å². The minimum absolute atomic E-state index is 0. The summed E-state index contributed by atoms with van der Waals surface area (Å²) in [6.07, 6.45) is 5.58. The van der Waals surface area contributed by atoms with E-state index in [0.717, 1.165) is 47.8 Å². The van der Waals surface area contributed by atoms with Crippen molar-refractivity contribution in [2.24, 2.45) is 10.9 Å². The number of benzene rings is 1. The lowest BCUT2D eigenvalue weighted by molar-refractivity contribution is 0.297. The van der Waals surface area contributed by atoms with Crippen LogP contribution < -0.4 is 15.4 Å². The highest BCUT2D eigenvalue weighted by Gasteiger charge is 2.22. The van der Waals surface area contributed by atoms with Crippen LogP contribution in [-0.4, -0.2) is 24.1 Å². The molecule has 1 aromatic heterocycles. The average Bonchev–Trinajstić information content (AvgIpc) is 3.39. The number of para-hydroxylation sites is 1. The summed E-state index contributed by atoms with van der Waals surface area (Å²) in [4.78, 5) is 10.5. The summed E-state index contributed by atoms with van der Waals surface area (Å²) in [6.45, 7) is 7.15. The van der Waals surface area contributed by atoms with Crippen molar-refractivity contribution in [3.05, 3.63) is 45.9 Å². The van der Waals surface area contributed by atoms with Crippen molar-refractivity contribution in [3.63, 3.8) is 0 Å². The van der Waals surface area contributed by atoms with E-state index >= 15 is 0 Å². The van der Waals surface area contributed by atoms with Crippen LogP contribution in [0.25, 0.3) is 0 Å². The van der Waals surface area contributed by atoms with Gasteiger partial charge in [-0.2, -0.15) is 0 Å². The van der Waals surface area contributed by atoms with Crippen molar-refractivity contribution in [2.45, 2.75) is 46.2 Å². The van der Waals surface area contributed by atoms with E-state index in [2.05, 4.69) is 35.5 Å². The Morgan fingerprint density at radius 2 is 2.07 bits per heavy atom. The largest absolute Gasteiger partial charge is 0.493 e. The summed E-state index contributed by atoms with van der Waals surface area (Å²) >= 11 is 1.75. The molecule has 0 atom stereocenters. The maximum absolute atomic E-state index is 5.98. The van der Waals surface area contributed by atoms with Gasteiger partial charge in [0.2, 0.25) is 0 Å². The molecular formula is C20H29IN4OS. The van der Waals surface area contributed by atoms with Crippen LogP contribution in [0.1, 0.15) is 42.1 Å².